The molecule has 152 valence electrons. The molecule has 3 aromatic carbocycles. The summed E-state index contributed by atoms with van der Waals surface area (Å²) in [4.78, 5) is 26.3. The van der Waals surface area contributed by atoms with Gasteiger partial charge in [0.25, 0.3) is 5.91 Å². The van der Waals surface area contributed by atoms with Gasteiger partial charge >= 0.3 is 5.97 Å². The van der Waals surface area contributed by atoms with Gasteiger partial charge in [0.2, 0.25) is 0 Å². The summed E-state index contributed by atoms with van der Waals surface area (Å²) in [5.74, 6) is -0.166. The van der Waals surface area contributed by atoms with E-state index in [-0.39, 0.29) is 11.5 Å². The summed E-state index contributed by atoms with van der Waals surface area (Å²) in [5, 5.41) is 9.11. The van der Waals surface area contributed by atoms with Crippen molar-refractivity contribution < 1.29 is 19.4 Å². The molecule has 0 aliphatic carbocycles. The monoisotopic (exact) mass is 401 g/mol. The maximum Gasteiger partial charge on any atom is 0.335 e. The summed E-state index contributed by atoms with van der Waals surface area (Å²) >= 11 is 0. The first kappa shape index (κ1) is 19.7. The van der Waals surface area contributed by atoms with E-state index < -0.39 is 5.97 Å². The minimum atomic E-state index is -0.963. The smallest absolute Gasteiger partial charge is 0.335 e. The minimum Gasteiger partial charge on any atom is -0.493 e. The van der Waals surface area contributed by atoms with E-state index in [0.717, 1.165) is 35.3 Å². The average Bonchev–Trinajstić information content (AvgIpc) is 2.79. The van der Waals surface area contributed by atoms with Crippen LogP contribution in [0.2, 0.25) is 0 Å². The maximum atomic E-state index is 13.4. The van der Waals surface area contributed by atoms with Gasteiger partial charge < -0.3 is 14.7 Å². The number of hydrogen-bond acceptors (Lipinski definition) is 3. The SMILES string of the molecule is O=C(O)c1ccc(CN(Cc2ccccc2)C(=O)c2ccc3c(c2)CCCO3)cc1. The number of carbonyl (C=O) groups excluding carboxylic acids is 1. The van der Waals surface area contributed by atoms with E-state index in [2.05, 4.69) is 0 Å². The fraction of sp³-hybridized carbons (Fsp3) is 0.200. The Morgan fingerprint density at radius 3 is 2.23 bits per heavy atom. The number of carbonyl (C=O) groups is 2. The first-order valence-electron chi connectivity index (χ1n) is 10.0. The van der Waals surface area contributed by atoms with Gasteiger partial charge in [0.1, 0.15) is 5.75 Å². The number of amides is 1. The second kappa shape index (κ2) is 8.82. The van der Waals surface area contributed by atoms with Crippen LogP contribution in [-0.4, -0.2) is 28.5 Å². The predicted molar refractivity (Wildman–Crippen MR) is 114 cm³/mol. The second-order valence-corrected chi connectivity index (χ2v) is 7.42. The zero-order valence-corrected chi connectivity index (χ0v) is 16.6. The third-order valence-corrected chi connectivity index (χ3v) is 5.23. The van der Waals surface area contributed by atoms with Crippen molar-refractivity contribution in [3.8, 4) is 5.75 Å². The lowest BCUT2D eigenvalue weighted by Crippen LogP contribution is -2.30. The Kier molecular flexibility index (Phi) is 5.80. The van der Waals surface area contributed by atoms with Crippen LogP contribution < -0.4 is 4.74 Å². The Morgan fingerprint density at radius 2 is 1.53 bits per heavy atom. The summed E-state index contributed by atoms with van der Waals surface area (Å²) in [7, 11) is 0. The Labute approximate surface area is 175 Å². The average molecular weight is 401 g/mol. The zero-order valence-electron chi connectivity index (χ0n) is 16.6. The molecule has 0 atom stereocenters. The molecule has 0 spiro atoms. The Morgan fingerprint density at radius 1 is 0.867 bits per heavy atom. The van der Waals surface area contributed by atoms with Crippen LogP contribution in [-0.2, 0) is 19.5 Å². The number of fused-ring (bicyclic) bond motifs is 1. The molecule has 1 aliphatic heterocycles. The first-order chi connectivity index (χ1) is 14.6. The van der Waals surface area contributed by atoms with Crippen molar-refractivity contribution in [1.29, 1.82) is 0 Å². The standard InChI is InChI=1S/C25H23NO4/c27-24(22-12-13-23-21(15-22)7-4-14-30-23)26(16-18-5-2-1-3-6-18)17-19-8-10-20(11-9-19)25(28)29/h1-3,5-6,8-13,15H,4,7,14,16-17H2,(H,28,29). The molecule has 0 aromatic heterocycles. The number of hydrogen-bond donors (Lipinski definition) is 1. The van der Waals surface area contributed by atoms with E-state index in [1.165, 1.54) is 0 Å². The molecule has 30 heavy (non-hydrogen) atoms. The van der Waals surface area contributed by atoms with E-state index in [0.29, 0.717) is 25.3 Å². The van der Waals surface area contributed by atoms with Crippen molar-refractivity contribution in [2.45, 2.75) is 25.9 Å². The maximum absolute atomic E-state index is 13.4. The number of carboxylic acid groups (broad SMARTS) is 1. The van der Waals surface area contributed by atoms with Gasteiger partial charge in [0, 0.05) is 18.7 Å². The van der Waals surface area contributed by atoms with E-state index >= 15 is 0 Å². The summed E-state index contributed by atoms with van der Waals surface area (Å²) in [6.07, 6.45) is 1.86. The highest BCUT2D eigenvalue weighted by molar-refractivity contribution is 5.94. The molecule has 4 rings (SSSR count). The lowest BCUT2D eigenvalue weighted by Gasteiger charge is -2.24. The quantitative estimate of drug-likeness (QED) is 0.658. The van der Waals surface area contributed by atoms with Crippen LogP contribution >= 0.6 is 0 Å². The zero-order chi connectivity index (χ0) is 20.9. The van der Waals surface area contributed by atoms with E-state index in [1.54, 1.807) is 29.2 Å². The fourth-order valence-electron chi connectivity index (χ4n) is 3.65. The Bertz CT molecular complexity index is 1040. The highest BCUT2D eigenvalue weighted by Crippen LogP contribution is 2.26. The van der Waals surface area contributed by atoms with Gasteiger partial charge in [-0.05, 0) is 59.9 Å². The molecule has 1 aliphatic rings. The van der Waals surface area contributed by atoms with Crippen LogP contribution in [0, 0.1) is 0 Å². The number of aromatic carboxylic acids is 1. The van der Waals surface area contributed by atoms with Crippen molar-refractivity contribution in [2.75, 3.05) is 6.61 Å². The fourth-order valence-corrected chi connectivity index (χ4v) is 3.65. The van der Waals surface area contributed by atoms with Gasteiger partial charge in [-0.2, -0.15) is 0 Å². The molecule has 5 nitrogen and oxygen atoms in total. The number of rotatable bonds is 6. The highest BCUT2D eigenvalue weighted by atomic mass is 16.5. The lowest BCUT2D eigenvalue weighted by molar-refractivity contribution is 0.0693. The van der Waals surface area contributed by atoms with Crippen molar-refractivity contribution >= 4 is 11.9 Å². The van der Waals surface area contributed by atoms with Crippen LogP contribution in [0.4, 0.5) is 0 Å². The minimum absolute atomic E-state index is 0.0606. The molecule has 0 bridgehead atoms. The largest absolute Gasteiger partial charge is 0.493 e. The second-order valence-electron chi connectivity index (χ2n) is 7.42. The molecule has 1 N–H and O–H groups in total. The highest BCUT2D eigenvalue weighted by Gasteiger charge is 2.20. The summed E-state index contributed by atoms with van der Waals surface area (Å²) in [5.41, 5.74) is 3.85. The molecular formula is C25H23NO4. The Balaban J connectivity index is 1.60. The molecule has 0 fully saturated rings. The first-order valence-corrected chi connectivity index (χ1v) is 10.0. The van der Waals surface area contributed by atoms with Crippen molar-refractivity contribution in [2.24, 2.45) is 0 Å². The van der Waals surface area contributed by atoms with Gasteiger partial charge in [-0.1, -0.05) is 42.5 Å². The molecule has 0 unspecified atom stereocenters. The van der Waals surface area contributed by atoms with Crippen LogP contribution in [0.25, 0.3) is 0 Å². The molecular weight excluding hydrogens is 378 g/mol. The Hall–Kier alpha value is -3.60. The normalized spacial score (nSPS) is 12.5. The van der Waals surface area contributed by atoms with E-state index in [9.17, 15) is 9.59 Å². The molecule has 1 heterocycles. The molecule has 1 amide bonds. The van der Waals surface area contributed by atoms with Gasteiger partial charge in [0.05, 0.1) is 12.2 Å². The van der Waals surface area contributed by atoms with Crippen LogP contribution in [0.1, 0.15) is 43.8 Å². The lowest BCUT2D eigenvalue weighted by atomic mass is 10.0. The predicted octanol–water partition coefficient (Wildman–Crippen LogP) is 4.55. The van der Waals surface area contributed by atoms with Gasteiger partial charge in [-0.25, -0.2) is 4.79 Å². The third-order valence-electron chi connectivity index (χ3n) is 5.23. The van der Waals surface area contributed by atoms with Gasteiger partial charge in [-0.15, -0.1) is 0 Å². The number of benzene rings is 3. The number of aryl methyl sites for hydroxylation is 1. The molecule has 5 heteroatoms. The van der Waals surface area contributed by atoms with Gasteiger partial charge in [0.15, 0.2) is 0 Å². The van der Waals surface area contributed by atoms with Crippen LogP contribution in [0.15, 0.2) is 72.8 Å². The van der Waals surface area contributed by atoms with Crippen LogP contribution in [0.3, 0.4) is 0 Å². The summed E-state index contributed by atoms with van der Waals surface area (Å²) in [6.45, 7) is 1.57. The van der Waals surface area contributed by atoms with Gasteiger partial charge in [-0.3, -0.25) is 4.79 Å². The molecule has 0 radical (unpaired) electrons. The third kappa shape index (κ3) is 4.51. The van der Waals surface area contributed by atoms with Crippen molar-refractivity contribution in [3.05, 3.63) is 101 Å². The summed E-state index contributed by atoms with van der Waals surface area (Å²) in [6, 6.07) is 22.1. The van der Waals surface area contributed by atoms with Crippen molar-refractivity contribution in [1.82, 2.24) is 4.90 Å². The molecule has 0 saturated heterocycles. The summed E-state index contributed by atoms with van der Waals surface area (Å²) < 4.78 is 5.67. The number of carboxylic acids is 1. The van der Waals surface area contributed by atoms with E-state index in [4.69, 9.17) is 9.84 Å². The topological polar surface area (TPSA) is 66.8 Å². The van der Waals surface area contributed by atoms with Crippen molar-refractivity contribution in [3.63, 3.8) is 0 Å². The molecule has 0 saturated carbocycles. The number of nitrogens with zero attached hydrogens (tertiary/aromatic N) is 1. The molecule has 3 aromatic rings. The van der Waals surface area contributed by atoms with Crippen LogP contribution in [0.5, 0.6) is 5.75 Å². The number of ether oxygens (including phenoxy) is 1. The van der Waals surface area contributed by atoms with E-state index in [1.807, 2.05) is 48.5 Å².